The highest BCUT2D eigenvalue weighted by Crippen LogP contribution is 2.33. The normalized spacial score (nSPS) is 14.9. The SMILES string of the molecule is COc1cccc2c3c(=O)n(Cc4ccccc4F)ccc3n(CCN3CCOCC3)c12. The quantitative estimate of drug-likeness (QED) is 0.465. The van der Waals surface area contributed by atoms with Gasteiger partial charge in [-0.3, -0.25) is 9.69 Å². The second kappa shape index (κ2) is 8.76. The maximum atomic E-state index is 14.2. The van der Waals surface area contributed by atoms with Gasteiger partial charge in [-0.1, -0.05) is 30.3 Å². The smallest absolute Gasteiger partial charge is 0.260 e. The highest BCUT2D eigenvalue weighted by Gasteiger charge is 2.19. The molecule has 0 bridgehead atoms. The molecular formula is C25H26FN3O3. The number of nitrogens with zero attached hydrogens (tertiary/aromatic N) is 3. The van der Waals surface area contributed by atoms with Gasteiger partial charge in [0.05, 0.1) is 43.3 Å². The van der Waals surface area contributed by atoms with Crippen molar-refractivity contribution in [3.8, 4) is 5.75 Å². The molecular weight excluding hydrogens is 409 g/mol. The summed E-state index contributed by atoms with van der Waals surface area (Å²) in [5, 5.41) is 1.49. The summed E-state index contributed by atoms with van der Waals surface area (Å²) in [7, 11) is 1.65. The molecule has 6 nitrogen and oxygen atoms in total. The summed E-state index contributed by atoms with van der Waals surface area (Å²) in [5.74, 6) is 0.426. The number of morpholine rings is 1. The Morgan fingerprint density at radius 2 is 1.84 bits per heavy atom. The molecule has 1 saturated heterocycles. The second-order valence-electron chi connectivity index (χ2n) is 8.06. The number of para-hydroxylation sites is 1. The van der Waals surface area contributed by atoms with Gasteiger partial charge in [0, 0.05) is 43.3 Å². The van der Waals surface area contributed by atoms with Crippen LogP contribution in [-0.4, -0.2) is 54.0 Å². The molecule has 0 unspecified atom stereocenters. The Hall–Kier alpha value is -3.16. The summed E-state index contributed by atoms with van der Waals surface area (Å²) in [6.07, 6.45) is 1.76. The van der Waals surface area contributed by atoms with Crippen molar-refractivity contribution >= 4 is 21.8 Å². The van der Waals surface area contributed by atoms with Crippen LogP contribution in [0.15, 0.2) is 59.5 Å². The fourth-order valence-corrected chi connectivity index (χ4v) is 4.56. The van der Waals surface area contributed by atoms with Crippen LogP contribution in [0.25, 0.3) is 21.8 Å². The molecule has 1 fully saturated rings. The van der Waals surface area contributed by atoms with E-state index in [0.717, 1.165) is 61.6 Å². The molecule has 5 rings (SSSR count). The molecule has 0 atom stereocenters. The van der Waals surface area contributed by atoms with E-state index in [-0.39, 0.29) is 17.9 Å². The summed E-state index contributed by atoms with van der Waals surface area (Å²) >= 11 is 0. The van der Waals surface area contributed by atoms with Gasteiger partial charge in [0.1, 0.15) is 11.6 Å². The lowest BCUT2D eigenvalue weighted by molar-refractivity contribution is 0.0366. The molecule has 2 aromatic heterocycles. The number of ether oxygens (including phenoxy) is 2. The number of fused-ring (bicyclic) bond motifs is 3. The average Bonchev–Trinajstić information content (AvgIpc) is 3.16. The van der Waals surface area contributed by atoms with Gasteiger partial charge in [-0.25, -0.2) is 4.39 Å². The first-order valence-corrected chi connectivity index (χ1v) is 10.9. The minimum atomic E-state index is -0.311. The van der Waals surface area contributed by atoms with E-state index in [9.17, 15) is 9.18 Å². The van der Waals surface area contributed by atoms with Crippen molar-refractivity contribution in [3.05, 3.63) is 76.5 Å². The topological polar surface area (TPSA) is 48.6 Å². The lowest BCUT2D eigenvalue weighted by Crippen LogP contribution is -2.38. The van der Waals surface area contributed by atoms with Gasteiger partial charge in [-0.05, 0) is 18.2 Å². The van der Waals surface area contributed by atoms with Crippen LogP contribution in [0, 0.1) is 5.82 Å². The van der Waals surface area contributed by atoms with E-state index in [0.29, 0.717) is 10.9 Å². The molecule has 32 heavy (non-hydrogen) atoms. The van der Waals surface area contributed by atoms with Crippen LogP contribution >= 0.6 is 0 Å². The molecule has 4 aromatic rings. The first-order valence-electron chi connectivity index (χ1n) is 10.9. The Balaban J connectivity index is 1.62. The predicted octanol–water partition coefficient (Wildman–Crippen LogP) is 3.48. The summed E-state index contributed by atoms with van der Waals surface area (Å²) < 4.78 is 29.1. The molecule has 1 aliphatic rings. The van der Waals surface area contributed by atoms with Crippen molar-refractivity contribution < 1.29 is 13.9 Å². The van der Waals surface area contributed by atoms with E-state index in [1.165, 1.54) is 6.07 Å². The van der Waals surface area contributed by atoms with Crippen molar-refractivity contribution in [2.75, 3.05) is 40.0 Å². The number of halogens is 1. The third kappa shape index (κ3) is 3.67. The Morgan fingerprint density at radius 1 is 1.03 bits per heavy atom. The minimum Gasteiger partial charge on any atom is -0.495 e. The third-order valence-corrected chi connectivity index (χ3v) is 6.23. The minimum absolute atomic E-state index is 0.130. The first-order chi connectivity index (χ1) is 15.7. The number of benzene rings is 2. The Labute approximate surface area is 185 Å². The van der Waals surface area contributed by atoms with Crippen LogP contribution in [-0.2, 0) is 17.8 Å². The standard InChI is InChI=1S/C25H26FN3O3/c1-31-22-8-4-6-19-23-21(29(24(19)22)12-11-27-13-15-32-16-14-27)9-10-28(25(23)30)17-18-5-2-3-7-20(18)26/h2-10H,11-17H2,1H3. The van der Waals surface area contributed by atoms with E-state index >= 15 is 0 Å². The molecule has 166 valence electrons. The molecule has 0 spiro atoms. The maximum Gasteiger partial charge on any atom is 0.260 e. The summed E-state index contributed by atoms with van der Waals surface area (Å²) in [6.45, 7) is 5.09. The number of methoxy groups -OCH3 is 1. The molecule has 7 heteroatoms. The number of aromatic nitrogens is 2. The molecule has 0 aliphatic carbocycles. The van der Waals surface area contributed by atoms with E-state index in [1.54, 1.807) is 36.1 Å². The molecule has 3 heterocycles. The fourth-order valence-electron chi connectivity index (χ4n) is 4.56. The van der Waals surface area contributed by atoms with Crippen molar-refractivity contribution in [1.82, 2.24) is 14.0 Å². The van der Waals surface area contributed by atoms with Crippen LogP contribution in [0.5, 0.6) is 5.75 Å². The zero-order valence-corrected chi connectivity index (χ0v) is 18.1. The van der Waals surface area contributed by atoms with Gasteiger partial charge in [0.15, 0.2) is 0 Å². The van der Waals surface area contributed by atoms with Crippen molar-refractivity contribution in [2.45, 2.75) is 13.1 Å². The monoisotopic (exact) mass is 435 g/mol. The van der Waals surface area contributed by atoms with Gasteiger partial charge in [0.2, 0.25) is 0 Å². The number of pyridine rings is 1. The Morgan fingerprint density at radius 3 is 2.62 bits per heavy atom. The van der Waals surface area contributed by atoms with Crippen LogP contribution in [0.1, 0.15) is 5.56 Å². The van der Waals surface area contributed by atoms with E-state index in [1.807, 2.05) is 24.3 Å². The molecule has 0 radical (unpaired) electrons. The zero-order chi connectivity index (χ0) is 22.1. The Kier molecular flexibility index (Phi) is 5.68. The zero-order valence-electron chi connectivity index (χ0n) is 18.1. The van der Waals surface area contributed by atoms with Gasteiger partial charge >= 0.3 is 0 Å². The fraction of sp³-hybridized carbons (Fsp3) is 0.320. The average molecular weight is 435 g/mol. The molecule has 0 saturated carbocycles. The molecule has 2 aromatic carbocycles. The summed E-state index contributed by atoms with van der Waals surface area (Å²) in [4.78, 5) is 15.9. The van der Waals surface area contributed by atoms with Gasteiger partial charge in [-0.2, -0.15) is 0 Å². The summed E-state index contributed by atoms with van der Waals surface area (Å²) in [6, 6.07) is 14.3. The van der Waals surface area contributed by atoms with E-state index in [4.69, 9.17) is 9.47 Å². The van der Waals surface area contributed by atoms with Crippen molar-refractivity contribution in [1.29, 1.82) is 0 Å². The largest absolute Gasteiger partial charge is 0.495 e. The highest BCUT2D eigenvalue weighted by molar-refractivity contribution is 6.09. The predicted molar refractivity (Wildman–Crippen MR) is 123 cm³/mol. The van der Waals surface area contributed by atoms with Gasteiger partial charge in [-0.15, -0.1) is 0 Å². The van der Waals surface area contributed by atoms with Gasteiger partial charge < -0.3 is 18.6 Å². The lowest BCUT2D eigenvalue weighted by atomic mass is 10.1. The van der Waals surface area contributed by atoms with Crippen molar-refractivity contribution in [3.63, 3.8) is 0 Å². The third-order valence-electron chi connectivity index (χ3n) is 6.23. The van der Waals surface area contributed by atoms with Crippen LogP contribution in [0.3, 0.4) is 0 Å². The molecule has 0 N–H and O–H groups in total. The number of rotatable bonds is 6. The Bertz CT molecular complexity index is 1320. The first kappa shape index (κ1) is 20.7. The lowest BCUT2D eigenvalue weighted by Gasteiger charge is -2.27. The second-order valence-corrected chi connectivity index (χ2v) is 8.06. The highest BCUT2D eigenvalue weighted by atomic mass is 19.1. The van der Waals surface area contributed by atoms with Crippen LogP contribution in [0.4, 0.5) is 4.39 Å². The van der Waals surface area contributed by atoms with E-state index in [2.05, 4.69) is 9.47 Å². The molecule has 1 aliphatic heterocycles. The number of hydrogen-bond donors (Lipinski definition) is 0. The van der Waals surface area contributed by atoms with Crippen molar-refractivity contribution in [2.24, 2.45) is 0 Å². The maximum absolute atomic E-state index is 14.2. The van der Waals surface area contributed by atoms with E-state index < -0.39 is 0 Å². The van der Waals surface area contributed by atoms with Crippen LogP contribution in [0.2, 0.25) is 0 Å². The van der Waals surface area contributed by atoms with Crippen LogP contribution < -0.4 is 10.3 Å². The van der Waals surface area contributed by atoms with Gasteiger partial charge in [0.25, 0.3) is 5.56 Å². The number of hydrogen-bond acceptors (Lipinski definition) is 4. The molecule has 0 amide bonds. The summed E-state index contributed by atoms with van der Waals surface area (Å²) in [5.41, 5.74) is 2.14.